The van der Waals surface area contributed by atoms with Gasteiger partial charge in [0.25, 0.3) is 5.56 Å². The Hall–Kier alpha value is -2.05. The van der Waals surface area contributed by atoms with Gasteiger partial charge in [-0.2, -0.15) is 5.10 Å². The zero-order chi connectivity index (χ0) is 14.5. The van der Waals surface area contributed by atoms with Gasteiger partial charge in [0.05, 0.1) is 25.4 Å². The topological polar surface area (TPSA) is 82.4 Å². The molecule has 7 heteroatoms. The third kappa shape index (κ3) is 4.61. The number of methoxy groups -OCH3 is 1. The average Bonchev–Trinajstić information content (AvgIpc) is 2.32. The van der Waals surface area contributed by atoms with Gasteiger partial charge in [-0.15, -0.1) is 0 Å². The van der Waals surface area contributed by atoms with Crippen LogP contribution in [-0.2, 0) is 10.3 Å². The fourth-order valence-corrected chi connectivity index (χ4v) is 1.37. The van der Waals surface area contributed by atoms with E-state index in [0.29, 0.717) is 5.75 Å². The summed E-state index contributed by atoms with van der Waals surface area (Å²) in [7, 11) is 1.28. The van der Waals surface area contributed by atoms with Crippen molar-refractivity contribution in [1.82, 2.24) is 15.1 Å². The molecule has 19 heavy (non-hydrogen) atoms. The summed E-state index contributed by atoms with van der Waals surface area (Å²) in [6, 6.07) is 1.37. The third-order valence-corrected chi connectivity index (χ3v) is 2.24. The summed E-state index contributed by atoms with van der Waals surface area (Å²) in [6.45, 7) is 6.19. The second-order valence-electron chi connectivity index (χ2n) is 4.88. The normalized spacial score (nSPS) is 10.9. The van der Waals surface area contributed by atoms with E-state index in [2.05, 4.69) is 15.2 Å². The smallest absolute Gasteiger partial charge is 0.406 e. The van der Waals surface area contributed by atoms with E-state index in [1.807, 2.05) is 20.8 Å². The molecule has 0 saturated heterocycles. The van der Waals surface area contributed by atoms with Crippen molar-refractivity contribution in [2.24, 2.45) is 0 Å². The SMILES string of the molecule is COC(=O)NCCOc1cnn(C(C)(C)C)c(=O)c1. The minimum Gasteiger partial charge on any atom is -0.490 e. The molecule has 0 aliphatic carbocycles. The summed E-state index contributed by atoms with van der Waals surface area (Å²) < 4.78 is 11.1. The molecular weight excluding hydrogens is 250 g/mol. The highest BCUT2D eigenvalue weighted by Crippen LogP contribution is 2.10. The van der Waals surface area contributed by atoms with E-state index in [1.54, 1.807) is 0 Å². The van der Waals surface area contributed by atoms with Crippen LogP contribution in [0.2, 0.25) is 0 Å². The Labute approximate surface area is 111 Å². The number of carbonyl (C=O) groups excluding carboxylic acids is 1. The Bertz CT molecular complexity index is 490. The molecule has 0 spiro atoms. The Balaban J connectivity index is 2.55. The summed E-state index contributed by atoms with van der Waals surface area (Å²) >= 11 is 0. The van der Waals surface area contributed by atoms with Gasteiger partial charge in [-0.1, -0.05) is 0 Å². The van der Waals surface area contributed by atoms with Gasteiger partial charge in [0, 0.05) is 6.07 Å². The molecule has 1 N–H and O–H groups in total. The van der Waals surface area contributed by atoms with E-state index < -0.39 is 6.09 Å². The Morgan fingerprint density at radius 1 is 1.47 bits per heavy atom. The summed E-state index contributed by atoms with van der Waals surface area (Å²) in [5.74, 6) is 0.372. The first-order valence-electron chi connectivity index (χ1n) is 5.89. The number of nitrogens with zero attached hydrogens (tertiary/aromatic N) is 2. The molecule has 0 aromatic carbocycles. The first-order valence-corrected chi connectivity index (χ1v) is 5.89. The first-order chi connectivity index (χ1) is 8.84. The highest BCUT2D eigenvalue weighted by Gasteiger charge is 2.15. The molecular formula is C12H19N3O4. The Morgan fingerprint density at radius 3 is 2.68 bits per heavy atom. The van der Waals surface area contributed by atoms with Gasteiger partial charge < -0.3 is 14.8 Å². The Kier molecular flexibility index (Phi) is 4.91. The number of ether oxygens (including phenoxy) is 2. The molecule has 1 aromatic rings. The lowest BCUT2D eigenvalue weighted by Crippen LogP contribution is -2.35. The fourth-order valence-electron chi connectivity index (χ4n) is 1.37. The first kappa shape index (κ1) is 15.0. The van der Waals surface area contributed by atoms with Gasteiger partial charge in [0.1, 0.15) is 12.4 Å². The van der Waals surface area contributed by atoms with Gasteiger partial charge >= 0.3 is 6.09 Å². The van der Waals surface area contributed by atoms with Crippen molar-refractivity contribution in [1.29, 1.82) is 0 Å². The molecule has 1 amide bonds. The molecule has 1 heterocycles. The molecule has 7 nitrogen and oxygen atoms in total. The molecule has 1 aromatic heterocycles. The minimum atomic E-state index is -0.523. The van der Waals surface area contributed by atoms with Crippen molar-refractivity contribution < 1.29 is 14.3 Å². The highest BCUT2D eigenvalue weighted by molar-refractivity contribution is 5.66. The average molecular weight is 269 g/mol. The Morgan fingerprint density at radius 2 is 2.16 bits per heavy atom. The molecule has 0 bridgehead atoms. The lowest BCUT2D eigenvalue weighted by molar-refractivity contribution is 0.168. The lowest BCUT2D eigenvalue weighted by Gasteiger charge is -2.20. The maximum atomic E-state index is 11.8. The second kappa shape index (κ2) is 6.21. The van der Waals surface area contributed by atoms with Crippen LogP contribution in [-0.4, -0.2) is 36.1 Å². The molecule has 0 radical (unpaired) electrons. The molecule has 0 fully saturated rings. The predicted octanol–water partition coefficient (Wildman–Crippen LogP) is 0.733. The molecule has 0 saturated carbocycles. The number of nitrogens with one attached hydrogen (secondary N) is 1. The summed E-state index contributed by atoms with van der Waals surface area (Å²) in [6.07, 6.45) is 0.954. The van der Waals surface area contributed by atoms with Crippen LogP contribution in [0.1, 0.15) is 20.8 Å². The number of hydrogen-bond acceptors (Lipinski definition) is 5. The largest absolute Gasteiger partial charge is 0.490 e. The number of hydrogen-bond donors (Lipinski definition) is 1. The highest BCUT2D eigenvalue weighted by atomic mass is 16.5. The number of alkyl carbamates (subject to hydrolysis) is 1. The number of amides is 1. The monoisotopic (exact) mass is 269 g/mol. The molecule has 1 rings (SSSR count). The number of rotatable bonds is 4. The fraction of sp³-hybridized carbons (Fsp3) is 0.583. The zero-order valence-corrected chi connectivity index (χ0v) is 11.6. The van der Waals surface area contributed by atoms with Crippen molar-refractivity contribution in [2.45, 2.75) is 26.3 Å². The predicted molar refractivity (Wildman–Crippen MR) is 69.4 cm³/mol. The van der Waals surface area contributed by atoms with Gasteiger partial charge in [-0.3, -0.25) is 4.79 Å². The van der Waals surface area contributed by atoms with Crippen LogP contribution in [0, 0.1) is 0 Å². The van der Waals surface area contributed by atoms with Crippen molar-refractivity contribution in [3.05, 3.63) is 22.6 Å². The summed E-state index contributed by atoms with van der Waals surface area (Å²) in [5, 5.41) is 6.51. The van der Waals surface area contributed by atoms with Crippen LogP contribution in [0.3, 0.4) is 0 Å². The molecule has 0 unspecified atom stereocenters. The van der Waals surface area contributed by atoms with Crippen molar-refractivity contribution in [3.8, 4) is 5.75 Å². The molecule has 106 valence electrons. The van der Waals surface area contributed by atoms with Crippen molar-refractivity contribution in [3.63, 3.8) is 0 Å². The lowest BCUT2D eigenvalue weighted by atomic mass is 10.1. The van der Waals surface area contributed by atoms with Crippen LogP contribution in [0.25, 0.3) is 0 Å². The number of carbonyl (C=O) groups is 1. The van der Waals surface area contributed by atoms with Crippen LogP contribution in [0.15, 0.2) is 17.1 Å². The van der Waals surface area contributed by atoms with E-state index in [-0.39, 0.29) is 24.2 Å². The molecule has 0 aliphatic heterocycles. The van der Waals surface area contributed by atoms with Crippen LogP contribution >= 0.6 is 0 Å². The van der Waals surface area contributed by atoms with E-state index in [1.165, 1.54) is 24.1 Å². The van der Waals surface area contributed by atoms with Crippen LogP contribution in [0.5, 0.6) is 5.75 Å². The zero-order valence-electron chi connectivity index (χ0n) is 11.6. The maximum absolute atomic E-state index is 11.8. The maximum Gasteiger partial charge on any atom is 0.406 e. The van der Waals surface area contributed by atoms with Crippen molar-refractivity contribution >= 4 is 6.09 Å². The van der Waals surface area contributed by atoms with E-state index in [0.717, 1.165) is 0 Å². The van der Waals surface area contributed by atoms with Gasteiger partial charge in [0.15, 0.2) is 0 Å². The van der Waals surface area contributed by atoms with Crippen LogP contribution in [0.4, 0.5) is 4.79 Å². The minimum absolute atomic E-state index is 0.231. The quantitative estimate of drug-likeness (QED) is 0.815. The van der Waals surface area contributed by atoms with Crippen molar-refractivity contribution in [2.75, 3.05) is 20.3 Å². The van der Waals surface area contributed by atoms with E-state index >= 15 is 0 Å². The third-order valence-electron chi connectivity index (χ3n) is 2.24. The molecule has 0 atom stereocenters. The summed E-state index contributed by atoms with van der Waals surface area (Å²) in [5.41, 5.74) is -0.604. The second-order valence-corrected chi connectivity index (χ2v) is 4.88. The van der Waals surface area contributed by atoms with Gasteiger partial charge in [-0.25, -0.2) is 9.48 Å². The van der Waals surface area contributed by atoms with Gasteiger partial charge in [0.2, 0.25) is 0 Å². The van der Waals surface area contributed by atoms with Gasteiger partial charge in [-0.05, 0) is 20.8 Å². The standard InChI is InChI=1S/C12H19N3O4/c1-12(2,3)15-10(16)7-9(8-14-15)19-6-5-13-11(17)18-4/h7-8H,5-6H2,1-4H3,(H,13,17). The number of aromatic nitrogens is 2. The summed E-state index contributed by atoms with van der Waals surface area (Å²) in [4.78, 5) is 22.6. The van der Waals surface area contributed by atoms with E-state index in [4.69, 9.17) is 4.74 Å². The molecule has 0 aliphatic rings. The van der Waals surface area contributed by atoms with E-state index in [9.17, 15) is 9.59 Å². The van der Waals surface area contributed by atoms with Crippen LogP contribution < -0.4 is 15.6 Å².